The Morgan fingerprint density at radius 3 is 2.56 bits per heavy atom. The van der Waals surface area contributed by atoms with Crippen molar-refractivity contribution in [3.8, 4) is 0 Å². The molecule has 0 aliphatic carbocycles. The van der Waals surface area contributed by atoms with Crippen LogP contribution in [0.3, 0.4) is 0 Å². The highest BCUT2D eigenvalue weighted by atomic mass is 16.6. The summed E-state index contributed by atoms with van der Waals surface area (Å²) >= 11 is 0. The molecule has 1 aliphatic rings. The lowest BCUT2D eigenvalue weighted by Crippen LogP contribution is -2.45. The highest BCUT2D eigenvalue weighted by molar-refractivity contribution is 6.06. The van der Waals surface area contributed by atoms with E-state index < -0.39 is 17.9 Å². The topological polar surface area (TPSA) is 63.7 Å². The fourth-order valence-corrected chi connectivity index (χ4v) is 3.20. The van der Waals surface area contributed by atoms with Crippen LogP contribution < -0.4 is 0 Å². The van der Waals surface area contributed by atoms with Gasteiger partial charge in [-0.1, -0.05) is 63.4 Å². The third-order valence-electron chi connectivity index (χ3n) is 4.64. The van der Waals surface area contributed by atoms with Crippen LogP contribution in [-0.4, -0.2) is 35.3 Å². The Labute approximate surface area is 149 Å². The Bertz CT molecular complexity index is 599. The van der Waals surface area contributed by atoms with E-state index in [0.717, 1.165) is 24.8 Å². The molecule has 0 N–H and O–H groups in total. The number of nitrogens with zero attached hydrogens (tertiary/aromatic N) is 1. The Balaban J connectivity index is 2.13. The van der Waals surface area contributed by atoms with Crippen molar-refractivity contribution in [1.29, 1.82) is 0 Å². The zero-order valence-electron chi connectivity index (χ0n) is 15.1. The van der Waals surface area contributed by atoms with Crippen LogP contribution >= 0.6 is 0 Å². The van der Waals surface area contributed by atoms with Gasteiger partial charge in [0.1, 0.15) is 12.4 Å². The zero-order chi connectivity index (χ0) is 18.2. The van der Waals surface area contributed by atoms with Gasteiger partial charge in [0, 0.05) is 6.42 Å². The van der Waals surface area contributed by atoms with E-state index in [9.17, 15) is 14.4 Å². The minimum Gasteiger partial charge on any atom is -0.447 e. The van der Waals surface area contributed by atoms with E-state index in [0.29, 0.717) is 19.3 Å². The number of ketones is 1. The van der Waals surface area contributed by atoms with Gasteiger partial charge in [-0.2, -0.15) is 0 Å². The molecule has 1 fully saturated rings. The van der Waals surface area contributed by atoms with Gasteiger partial charge in [-0.25, -0.2) is 9.69 Å². The number of benzene rings is 1. The number of cyclic esters (lactones) is 1. The first-order valence-corrected chi connectivity index (χ1v) is 9.14. The number of unbranched alkanes of at least 4 members (excludes halogenated alkanes) is 2. The number of carbonyl (C=O) groups is 3. The lowest BCUT2D eigenvalue weighted by atomic mass is 9.93. The summed E-state index contributed by atoms with van der Waals surface area (Å²) in [6.45, 7) is 4.01. The van der Waals surface area contributed by atoms with Crippen LogP contribution in [0.25, 0.3) is 0 Å². The van der Waals surface area contributed by atoms with Crippen LogP contribution in [0.4, 0.5) is 4.79 Å². The molecule has 1 saturated heterocycles. The molecule has 5 nitrogen and oxygen atoms in total. The second kappa shape index (κ2) is 9.35. The maximum Gasteiger partial charge on any atom is 0.417 e. The average molecular weight is 345 g/mol. The van der Waals surface area contributed by atoms with Gasteiger partial charge >= 0.3 is 6.09 Å². The van der Waals surface area contributed by atoms with E-state index in [4.69, 9.17) is 4.74 Å². The predicted molar refractivity (Wildman–Crippen MR) is 95.1 cm³/mol. The van der Waals surface area contributed by atoms with Crippen molar-refractivity contribution in [3.63, 3.8) is 0 Å². The van der Waals surface area contributed by atoms with E-state index in [1.807, 2.05) is 30.3 Å². The van der Waals surface area contributed by atoms with Crippen molar-refractivity contribution in [1.82, 2.24) is 4.90 Å². The maximum atomic E-state index is 13.0. The quantitative estimate of drug-likeness (QED) is 0.505. The molecule has 1 aliphatic heterocycles. The van der Waals surface area contributed by atoms with Crippen LogP contribution in [0.2, 0.25) is 0 Å². The molecule has 136 valence electrons. The molecule has 2 rings (SSSR count). The summed E-state index contributed by atoms with van der Waals surface area (Å²) in [7, 11) is 0. The molecule has 25 heavy (non-hydrogen) atoms. The molecule has 0 bridgehead atoms. The van der Waals surface area contributed by atoms with Gasteiger partial charge in [-0.3, -0.25) is 9.59 Å². The second-order valence-electron chi connectivity index (χ2n) is 6.50. The number of Topliss-reactive ketones (excluding diaryl/α,β-unsaturated/α-hetero) is 1. The van der Waals surface area contributed by atoms with Crippen molar-refractivity contribution in [2.24, 2.45) is 5.92 Å². The monoisotopic (exact) mass is 345 g/mol. The third kappa shape index (κ3) is 4.91. The third-order valence-corrected chi connectivity index (χ3v) is 4.64. The Kier molecular flexibility index (Phi) is 7.16. The SMILES string of the molecule is CCCCC[C@H](C(=O)CC)C(=O)N1C(=O)OC[C@H]1Cc1ccccc1. The fourth-order valence-electron chi connectivity index (χ4n) is 3.20. The molecule has 1 aromatic carbocycles. The highest BCUT2D eigenvalue weighted by Gasteiger charge is 2.42. The van der Waals surface area contributed by atoms with Gasteiger partial charge in [-0.15, -0.1) is 0 Å². The van der Waals surface area contributed by atoms with Crippen LogP contribution in [0, 0.1) is 5.92 Å². The molecule has 1 aromatic rings. The standard InChI is InChI=1S/C20H27NO4/c1-3-5-7-12-17(18(22)4-2)19(23)21-16(14-25-20(21)24)13-15-10-8-6-9-11-15/h6,8-11,16-17H,3-5,7,12-14H2,1-2H3/t16-,17-/m1/s1. The van der Waals surface area contributed by atoms with Gasteiger partial charge < -0.3 is 4.74 Å². The number of imide groups is 1. The number of ether oxygens (including phenoxy) is 1. The zero-order valence-corrected chi connectivity index (χ0v) is 15.1. The van der Waals surface area contributed by atoms with Crippen molar-refractivity contribution in [3.05, 3.63) is 35.9 Å². The van der Waals surface area contributed by atoms with Crippen LogP contribution in [-0.2, 0) is 20.7 Å². The Morgan fingerprint density at radius 2 is 1.92 bits per heavy atom. The number of hydrogen-bond acceptors (Lipinski definition) is 4. The summed E-state index contributed by atoms with van der Waals surface area (Å²) in [5, 5.41) is 0. The van der Waals surface area contributed by atoms with E-state index in [1.54, 1.807) is 6.92 Å². The molecular weight excluding hydrogens is 318 g/mol. The molecule has 1 heterocycles. The lowest BCUT2D eigenvalue weighted by molar-refractivity contribution is -0.140. The second-order valence-corrected chi connectivity index (χ2v) is 6.50. The van der Waals surface area contributed by atoms with Gasteiger partial charge in [0.15, 0.2) is 0 Å². The van der Waals surface area contributed by atoms with E-state index in [1.165, 1.54) is 4.90 Å². The Morgan fingerprint density at radius 1 is 1.20 bits per heavy atom. The van der Waals surface area contributed by atoms with Crippen LogP contribution in [0.15, 0.2) is 30.3 Å². The van der Waals surface area contributed by atoms with E-state index >= 15 is 0 Å². The largest absolute Gasteiger partial charge is 0.447 e. The molecule has 0 radical (unpaired) electrons. The lowest BCUT2D eigenvalue weighted by Gasteiger charge is -2.24. The molecule has 0 saturated carbocycles. The van der Waals surface area contributed by atoms with Crippen molar-refractivity contribution in [2.45, 2.75) is 58.4 Å². The van der Waals surface area contributed by atoms with Gasteiger partial charge in [-0.05, 0) is 18.4 Å². The van der Waals surface area contributed by atoms with Crippen molar-refractivity contribution >= 4 is 17.8 Å². The Hall–Kier alpha value is -2.17. The number of amides is 2. The van der Waals surface area contributed by atoms with Crippen LogP contribution in [0.5, 0.6) is 0 Å². The number of hydrogen-bond donors (Lipinski definition) is 0. The van der Waals surface area contributed by atoms with Crippen molar-refractivity contribution < 1.29 is 19.1 Å². The van der Waals surface area contributed by atoms with E-state index in [2.05, 4.69) is 6.92 Å². The number of carbonyl (C=O) groups excluding carboxylic acids is 3. The minimum absolute atomic E-state index is 0.0979. The number of rotatable bonds is 9. The first kappa shape index (κ1) is 19.2. The van der Waals surface area contributed by atoms with Crippen LogP contribution in [0.1, 0.15) is 51.5 Å². The summed E-state index contributed by atoms with van der Waals surface area (Å²) in [5.41, 5.74) is 1.04. The van der Waals surface area contributed by atoms with E-state index in [-0.39, 0.29) is 18.4 Å². The van der Waals surface area contributed by atoms with Crippen molar-refractivity contribution in [2.75, 3.05) is 6.61 Å². The summed E-state index contributed by atoms with van der Waals surface area (Å²) in [4.78, 5) is 38.5. The summed E-state index contributed by atoms with van der Waals surface area (Å²) in [6.07, 6.45) is 3.51. The molecule has 0 aromatic heterocycles. The summed E-state index contributed by atoms with van der Waals surface area (Å²) in [5.74, 6) is -1.23. The molecule has 0 unspecified atom stereocenters. The first-order valence-electron chi connectivity index (χ1n) is 9.14. The summed E-state index contributed by atoms with van der Waals surface area (Å²) in [6, 6.07) is 9.34. The average Bonchev–Trinajstić information content (AvgIpc) is 2.99. The maximum absolute atomic E-state index is 13.0. The molecule has 2 amide bonds. The highest BCUT2D eigenvalue weighted by Crippen LogP contribution is 2.23. The predicted octanol–water partition coefficient (Wildman–Crippen LogP) is 3.75. The van der Waals surface area contributed by atoms with Gasteiger partial charge in [0.25, 0.3) is 0 Å². The summed E-state index contributed by atoms with van der Waals surface area (Å²) < 4.78 is 5.12. The molecule has 5 heteroatoms. The molecule has 2 atom stereocenters. The normalized spacial score (nSPS) is 18.1. The minimum atomic E-state index is -0.736. The molecule has 0 spiro atoms. The first-order chi connectivity index (χ1) is 12.1. The smallest absolute Gasteiger partial charge is 0.417 e. The van der Waals surface area contributed by atoms with Gasteiger partial charge in [0.2, 0.25) is 5.91 Å². The molecular formula is C20H27NO4. The van der Waals surface area contributed by atoms with Gasteiger partial charge in [0.05, 0.1) is 12.0 Å². The fraction of sp³-hybridized carbons (Fsp3) is 0.550.